The van der Waals surface area contributed by atoms with Crippen molar-refractivity contribution < 1.29 is 9.59 Å². The summed E-state index contributed by atoms with van der Waals surface area (Å²) in [6.45, 7) is 8.04. The van der Waals surface area contributed by atoms with E-state index < -0.39 is 0 Å². The largest absolute Gasteiger partial charge is 0.308 e. The fraction of sp³-hybridized carbons (Fsp3) is 0.647. The molecule has 112 valence electrons. The van der Waals surface area contributed by atoms with E-state index in [0.717, 1.165) is 18.4 Å². The molecule has 0 N–H and O–H groups in total. The summed E-state index contributed by atoms with van der Waals surface area (Å²) in [5.41, 5.74) is 1.84. The van der Waals surface area contributed by atoms with Gasteiger partial charge in [0.25, 0.3) is 5.91 Å². The molecule has 3 heteroatoms. The molecular weight excluding hydrogens is 250 g/mol. The quantitative estimate of drug-likeness (QED) is 0.420. The second kappa shape index (κ2) is 7.41. The molecule has 0 aliphatic carbocycles. The molecule has 1 aliphatic heterocycles. The molecule has 0 bridgehead atoms. The second-order valence-corrected chi connectivity index (χ2v) is 5.68. The number of carbonyl (C=O) groups is 2. The van der Waals surface area contributed by atoms with Crippen LogP contribution in [0.25, 0.3) is 0 Å². The number of ketones is 1. The standard InChI is InChI=1S/C17H27NO2/c1-6-8-9-10-11-12(3)13(4)15-16(19)14(7-2)18(5)17(15)20/h7,12H,6,8-11H2,1-5H3. The van der Waals surface area contributed by atoms with Crippen LogP contribution in [0.1, 0.15) is 59.8 Å². The highest BCUT2D eigenvalue weighted by Crippen LogP contribution is 2.29. The highest BCUT2D eigenvalue weighted by molar-refractivity contribution is 6.32. The van der Waals surface area contributed by atoms with Crippen LogP contribution in [-0.4, -0.2) is 23.6 Å². The molecule has 1 atom stereocenters. The average molecular weight is 277 g/mol. The number of unbranched alkanes of at least 4 members (excludes halogenated alkanes) is 3. The minimum Gasteiger partial charge on any atom is -0.308 e. The molecule has 0 spiro atoms. The minimum atomic E-state index is -0.152. The molecule has 1 fully saturated rings. The van der Waals surface area contributed by atoms with E-state index >= 15 is 0 Å². The van der Waals surface area contributed by atoms with Crippen molar-refractivity contribution in [1.29, 1.82) is 0 Å². The summed E-state index contributed by atoms with van der Waals surface area (Å²) in [5.74, 6) is 0.0262. The van der Waals surface area contributed by atoms with Gasteiger partial charge in [0.05, 0.1) is 11.3 Å². The monoisotopic (exact) mass is 277 g/mol. The van der Waals surface area contributed by atoms with Gasteiger partial charge in [-0.1, -0.05) is 51.2 Å². The zero-order chi connectivity index (χ0) is 15.3. The van der Waals surface area contributed by atoms with E-state index in [1.54, 1.807) is 20.0 Å². The summed E-state index contributed by atoms with van der Waals surface area (Å²) in [7, 11) is 1.67. The van der Waals surface area contributed by atoms with Gasteiger partial charge >= 0.3 is 0 Å². The first-order valence-corrected chi connectivity index (χ1v) is 7.65. The van der Waals surface area contributed by atoms with E-state index in [2.05, 4.69) is 13.8 Å². The van der Waals surface area contributed by atoms with Crippen LogP contribution in [0, 0.1) is 5.92 Å². The van der Waals surface area contributed by atoms with Gasteiger partial charge in [-0.2, -0.15) is 0 Å². The normalized spacial score (nSPS) is 21.9. The molecule has 3 nitrogen and oxygen atoms in total. The highest BCUT2D eigenvalue weighted by Gasteiger charge is 2.37. The van der Waals surface area contributed by atoms with Crippen LogP contribution in [-0.2, 0) is 9.59 Å². The summed E-state index contributed by atoms with van der Waals surface area (Å²) in [5, 5.41) is 0. The molecule has 0 radical (unpaired) electrons. The van der Waals surface area contributed by atoms with Crippen molar-refractivity contribution in [2.45, 2.75) is 59.8 Å². The third-order valence-electron chi connectivity index (χ3n) is 4.24. The van der Waals surface area contributed by atoms with Gasteiger partial charge in [0.15, 0.2) is 0 Å². The predicted molar refractivity (Wildman–Crippen MR) is 82.2 cm³/mol. The number of hydrogen-bond acceptors (Lipinski definition) is 2. The maximum Gasteiger partial charge on any atom is 0.262 e. The highest BCUT2D eigenvalue weighted by atomic mass is 16.2. The van der Waals surface area contributed by atoms with Crippen LogP contribution in [0.5, 0.6) is 0 Å². The van der Waals surface area contributed by atoms with Gasteiger partial charge in [-0.3, -0.25) is 9.59 Å². The number of allylic oxidation sites excluding steroid dienone is 3. The van der Waals surface area contributed by atoms with Crippen LogP contribution >= 0.6 is 0 Å². The molecule has 1 unspecified atom stereocenters. The van der Waals surface area contributed by atoms with Crippen molar-refractivity contribution in [3.8, 4) is 0 Å². The first-order chi connectivity index (χ1) is 9.45. The molecule has 1 saturated heterocycles. The van der Waals surface area contributed by atoms with Crippen LogP contribution in [0.4, 0.5) is 0 Å². The lowest BCUT2D eigenvalue weighted by Crippen LogP contribution is -2.19. The van der Waals surface area contributed by atoms with E-state index in [1.165, 1.54) is 24.2 Å². The Labute approximate surface area is 122 Å². The number of rotatable bonds is 6. The summed E-state index contributed by atoms with van der Waals surface area (Å²) in [6, 6.07) is 0. The van der Waals surface area contributed by atoms with E-state index in [1.807, 2.05) is 6.92 Å². The smallest absolute Gasteiger partial charge is 0.262 e. The lowest BCUT2D eigenvalue weighted by atomic mass is 9.91. The van der Waals surface area contributed by atoms with E-state index in [4.69, 9.17) is 0 Å². The Kier molecular flexibility index (Phi) is 6.18. The number of Topliss-reactive ketones (excluding diaryl/α,β-unsaturated/α-hetero) is 1. The van der Waals surface area contributed by atoms with Crippen LogP contribution in [0.3, 0.4) is 0 Å². The average Bonchev–Trinajstić information content (AvgIpc) is 2.64. The SMILES string of the molecule is CC=C1C(=O)C(=C(C)C(C)CCCCCC)C(=O)N1C. The fourth-order valence-electron chi connectivity index (χ4n) is 2.67. The van der Waals surface area contributed by atoms with Gasteiger partial charge < -0.3 is 4.90 Å². The number of hydrogen-bond donors (Lipinski definition) is 0. The first-order valence-electron chi connectivity index (χ1n) is 7.65. The van der Waals surface area contributed by atoms with Gasteiger partial charge in [-0.15, -0.1) is 0 Å². The molecule has 0 aromatic rings. The zero-order valence-electron chi connectivity index (χ0n) is 13.5. The molecule has 1 amide bonds. The topological polar surface area (TPSA) is 37.4 Å². The molecular formula is C17H27NO2. The number of carbonyl (C=O) groups excluding carboxylic acids is 2. The van der Waals surface area contributed by atoms with Gasteiger partial charge in [0.2, 0.25) is 5.78 Å². The predicted octanol–water partition coefficient (Wildman–Crippen LogP) is 3.85. The summed E-state index contributed by atoms with van der Waals surface area (Å²) < 4.78 is 0. The minimum absolute atomic E-state index is 0.113. The Bertz CT molecular complexity index is 446. The third-order valence-corrected chi connectivity index (χ3v) is 4.24. The second-order valence-electron chi connectivity index (χ2n) is 5.68. The molecule has 0 aromatic heterocycles. The Morgan fingerprint density at radius 3 is 2.40 bits per heavy atom. The fourth-order valence-corrected chi connectivity index (χ4v) is 2.67. The molecule has 0 saturated carbocycles. The third kappa shape index (κ3) is 3.38. The lowest BCUT2D eigenvalue weighted by Gasteiger charge is -2.14. The summed E-state index contributed by atoms with van der Waals surface area (Å²) >= 11 is 0. The number of amides is 1. The van der Waals surface area contributed by atoms with Crippen molar-refractivity contribution in [3.63, 3.8) is 0 Å². The van der Waals surface area contributed by atoms with Crippen molar-refractivity contribution in [1.82, 2.24) is 4.90 Å². The zero-order valence-corrected chi connectivity index (χ0v) is 13.5. The van der Waals surface area contributed by atoms with Crippen molar-refractivity contribution in [2.24, 2.45) is 5.92 Å². The number of nitrogens with zero attached hydrogens (tertiary/aromatic N) is 1. The Hall–Kier alpha value is -1.38. The van der Waals surface area contributed by atoms with Crippen molar-refractivity contribution in [2.75, 3.05) is 7.05 Å². The van der Waals surface area contributed by atoms with Gasteiger partial charge in [-0.05, 0) is 26.2 Å². The van der Waals surface area contributed by atoms with Crippen molar-refractivity contribution >= 4 is 11.7 Å². The summed E-state index contributed by atoms with van der Waals surface area (Å²) in [4.78, 5) is 26.0. The van der Waals surface area contributed by atoms with E-state index in [0.29, 0.717) is 17.2 Å². The Balaban J connectivity index is 2.84. The Morgan fingerprint density at radius 2 is 1.90 bits per heavy atom. The van der Waals surface area contributed by atoms with Gasteiger partial charge in [0.1, 0.15) is 0 Å². The van der Waals surface area contributed by atoms with Crippen LogP contribution < -0.4 is 0 Å². The van der Waals surface area contributed by atoms with Gasteiger partial charge in [0, 0.05) is 7.05 Å². The van der Waals surface area contributed by atoms with Crippen LogP contribution in [0.15, 0.2) is 22.9 Å². The molecule has 1 aliphatic rings. The molecule has 0 aromatic carbocycles. The number of likely N-dealkylation sites (N-methyl/N-ethyl adjacent to an activating group) is 1. The molecule has 1 heterocycles. The van der Waals surface area contributed by atoms with Crippen molar-refractivity contribution in [3.05, 3.63) is 22.9 Å². The molecule has 20 heavy (non-hydrogen) atoms. The Morgan fingerprint density at radius 1 is 1.25 bits per heavy atom. The number of likely N-dealkylation sites (tertiary alicyclic amines) is 1. The first kappa shape index (κ1) is 16.7. The lowest BCUT2D eigenvalue weighted by molar-refractivity contribution is -0.122. The van der Waals surface area contributed by atoms with Crippen LogP contribution in [0.2, 0.25) is 0 Å². The van der Waals surface area contributed by atoms with Gasteiger partial charge in [-0.25, -0.2) is 0 Å². The molecule has 1 rings (SSSR count). The maximum atomic E-state index is 12.3. The maximum absolute atomic E-state index is 12.3. The van der Waals surface area contributed by atoms with E-state index in [-0.39, 0.29) is 11.7 Å². The summed E-state index contributed by atoms with van der Waals surface area (Å²) in [6.07, 6.45) is 7.63. The van der Waals surface area contributed by atoms with E-state index in [9.17, 15) is 9.59 Å².